The van der Waals surface area contributed by atoms with Gasteiger partial charge >= 0.3 is 0 Å². The number of aromatic nitrogens is 3. The molecule has 0 aliphatic heterocycles. The molecule has 0 radical (unpaired) electrons. The fraction of sp³-hybridized carbons (Fsp3) is 0. The summed E-state index contributed by atoms with van der Waals surface area (Å²) in [5.41, 5.74) is 7.98. The Morgan fingerprint density at radius 2 is 1.81 bits per heavy atom. The summed E-state index contributed by atoms with van der Waals surface area (Å²) in [6, 6.07) is 13.4. The van der Waals surface area contributed by atoms with Crippen molar-refractivity contribution < 1.29 is 4.92 Å². The maximum atomic E-state index is 10.6. The van der Waals surface area contributed by atoms with Crippen LogP contribution in [0.5, 0.6) is 0 Å². The fourth-order valence-corrected chi connectivity index (χ4v) is 1.96. The van der Waals surface area contributed by atoms with E-state index in [-0.39, 0.29) is 5.69 Å². The predicted octanol–water partition coefficient (Wildman–Crippen LogP) is 2.63. The molecule has 0 aliphatic carbocycles. The SMILES string of the molecule is Nc1ccccc1-c1nc(-c2ccc([N+](=O)[O-])cc2)n[nH]1. The molecule has 0 atom stereocenters. The largest absolute Gasteiger partial charge is 0.398 e. The second kappa shape index (κ2) is 5.04. The van der Waals surface area contributed by atoms with E-state index in [4.69, 9.17) is 5.73 Å². The summed E-state index contributed by atoms with van der Waals surface area (Å²) in [5, 5.41) is 17.6. The first-order valence-electron chi connectivity index (χ1n) is 6.17. The Balaban J connectivity index is 1.95. The first-order chi connectivity index (χ1) is 10.1. The lowest BCUT2D eigenvalue weighted by molar-refractivity contribution is -0.384. The molecule has 21 heavy (non-hydrogen) atoms. The lowest BCUT2D eigenvalue weighted by Crippen LogP contribution is -1.90. The number of nitrogens with two attached hydrogens (primary N) is 1. The summed E-state index contributed by atoms with van der Waals surface area (Å²) in [4.78, 5) is 14.6. The van der Waals surface area contributed by atoms with E-state index in [1.54, 1.807) is 18.2 Å². The van der Waals surface area contributed by atoms with Gasteiger partial charge in [-0.05, 0) is 24.3 Å². The number of nitro benzene ring substituents is 1. The number of nitrogens with zero attached hydrogens (tertiary/aromatic N) is 3. The molecule has 0 bridgehead atoms. The van der Waals surface area contributed by atoms with Crippen LogP contribution in [0.15, 0.2) is 48.5 Å². The molecule has 7 nitrogen and oxygen atoms in total. The molecule has 0 saturated heterocycles. The van der Waals surface area contributed by atoms with Gasteiger partial charge in [0, 0.05) is 28.9 Å². The molecule has 0 saturated carbocycles. The van der Waals surface area contributed by atoms with Gasteiger partial charge in [0.2, 0.25) is 0 Å². The molecule has 0 unspecified atom stereocenters. The molecule has 0 fully saturated rings. The number of benzene rings is 2. The highest BCUT2D eigenvalue weighted by Gasteiger charge is 2.11. The quantitative estimate of drug-likeness (QED) is 0.435. The zero-order chi connectivity index (χ0) is 14.8. The van der Waals surface area contributed by atoms with Crippen LogP contribution >= 0.6 is 0 Å². The Bertz CT molecular complexity index is 795. The molecule has 3 aromatic rings. The van der Waals surface area contributed by atoms with Gasteiger partial charge in [-0.25, -0.2) is 4.98 Å². The molecule has 3 N–H and O–H groups in total. The Hall–Kier alpha value is -3.22. The Labute approximate surface area is 119 Å². The highest BCUT2D eigenvalue weighted by Crippen LogP contribution is 2.25. The van der Waals surface area contributed by atoms with E-state index in [1.165, 1.54) is 12.1 Å². The van der Waals surface area contributed by atoms with Crippen molar-refractivity contribution >= 4 is 11.4 Å². The summed E-state index contributed by atoms with van der Waals surface area (Å²) in [7, 11) is 0. The van der Waals surface area contributed by atoms with Gasteiger partial charge in [-0.3, -0.25) is 15.2 Å². The van der Waals surface area contributed by atoms with Gasteiger partial charge in [0.25, 0.3) is 5.69 Å². The van der Waals surface area contributed by atoms with Crippen molar-refractivity contribution in [2.24, 2.45) is 0 Å². The number of rotatable bonds is 3. The second-order valence-corrected chi connectivity index (χ2v) is 4.40. The molecule has 0 spiro atoms. The highest BCUT2D eigenvalue weighted by atomic mass is 16.6. The maximum Gasteiger partial charge on any atom is 0.269 e. The average Bonchev–Trinajstić information content (AvgIpc) is 2.97. The van der Waals surface area contributed by atoms with Gasteiger partial charge in [0.15, 0.2) is 11.6 Å². The average molecular weight is 281 g/mol. The van der Waals surface area contributed by atoms with Crippen molar-refractivity contribution in [1.29, 1.82) is 0 Å². The summed E-state index contributed by atoms with van der Waals surface area (Å²) >= 11 is 0. The van der Waals surface area contributed by atoms with E-state index in [2.05, 4.69) is 15.2 Å². The summed E-state index contributed by atoms with van der Waals surface area (Å²) in [5.74, 6) is 1.02. The van der Waals surface area contributed by atoms with Gasteiger partial charge in [0.05, 0.1) is 4.92 Å². The van der Waals surface area contributed by atoms with Crippen molar-refractivity contribution in [3.05, 3.63) is 58.6 Å². The number of nitrogen functional groups attached to an aromatic ring is 1. The number of hydrogen-bond donors (Lipinski definition) is 2. The third-order valence-electron chi connectivity index (χ3n) is 3.04. The van der Waals surface area contributed by atoms with Crippen LogP contribution in [0.4, 0.5) is 11.4 Å². The number of aromatic amines is 1. The van der Waals surface area contributed by atoms with Crippen molar-refractivity contribution in [2.45, 2.75) is 0 Å². The molecular formula is C14H11N5O2. The van der Waals surface area contributed by atoms with E-state index in [0.29, 0.717) is 22.9 Å². The van der Waals surface area contributed by atoms with Gasteiger partial charge < -0.3 is 5.73 Å². The first-order valence-corrected chi connectivity index (χ1v) is 6.17. The number of anilines is 1. The molecule has 104 valence electrons. The van der Waals surface area contributed by atoms with Crippen LogP contribution in [0.2, 0.25) is 0 Å². The molecule has 3 rings (SSSR count). The normalized spacial score (nSPS) is 10.5. The van der Waals surface area contributed by atoms with Gasteiger partial charge in [-0.2, -0.15) is 5.10 Å². The second-order valence-electron chi connectivity index (χ2n) is 4.40. The zero-order valence-electron chi connectivity index (χ0n) is 10.9. The standard InChI is InChI=1S/C14H11N5O2/c15-12-4-2-1-3-11(12)14-16-13(17-18-14)9-5-7-10(8-6-9)19(20)21/h1-8H,15H2,(H,16,17,18). The van der Waals surface area contributed by atoms with Crippen molar-refractivity contribution in [2.75, 3.05) is 5.73 Å². The van der Waals surface area contributed by atoms with Crippen LogP contribution < -0.4 is 5.73 Å². The van der Waals surface area contributed by atoms with Crippen LogP contribution in [0, 0.1) is 10.1 Å². The maximum absolute atomic E-state index is 10.6. The number of nitrogens with one attached hydrogen (secondary N) is 1. The number of nitro groups is 1. The third kappa shape index (κ3) is 2.44. The van der Waals surface area contributed by atoms with Gasteiger partial charge in [-0.15, -0.1) is 0 Å². The monoisotopic (exact) mass is 281 g/mol. The fourth-order valence-electron chi connectivity index (χ4n) is 1.96. The number of H-pyrrole nitrogens is 1. The van der Waals surface area contributed by atoms with E-state index in [0.717, 1.165) is 5.56 Å². The molecule has 1 aromatic heterocycles. The number of hydrogen-bond acceptors (Lipinski definition) is 5. The molecule has 2 aromatic carbocycles. The predicted molar refractivity (Wildman–Crippen MR) is 78.3 cm³/mol. The molecule has 1 heterocycles. The van der Waals surface area contributed by atoms with Crippen LogP contribution in [0.1, 0.15) is 0 Å². The van der Waals surface area contributed by atoms with Crippen LogP contribution in [-0.2, 0) is 0 Å². The highest BCUT2D eigenvalue weighted by molar-refractivity contribution is 5.72. The van der Waals surface area contributed by atoms with Gasteiger partial charge in [0.1, 0.15) is 0 Å². The van der Waals surface area contributed by atoms with E-state index in [1.807, 2.05) is 18.2 Å². The molecular weight excluding hydrogens is 270 g/mol. The molecule has 0 aliphatic rings. The van der Waals surface area contributed by atoms with Crippen LogP contribution in [-0.4, -0.2) is 20.1 Å². The van der Waals surface area contributed by atoms with E-state index < -0.39 is 4.92 Å². The van der Waals surface area contributed by atoms with Crippen LogP contribution in [0.3, 0.4) is 0 Å². The zero-order valence-corrected chi connectivity index (χ0v) is 10.9. The van der Waals surface area contributed by atoms with Crippen molar-refractivity contribution in [3.63, 3.8) is 0 Å². The minimum Gasteiger partial charge on any atom is -0.398 e. The van der Waals surface area contributed by atoms with Crippen molar-refractivity contribution in [3.8, 4) is 22.8 Å². The molecule has 7 heteroatoms. The number of para-hydroxylation sites is 1. The number of non-ortho nitro benzene ring substituents is 1. The van der Waals surface area contributed by atoms with E-state index >= 15 is 0 Å². The third-order valence-corrected chi connectivity index (χ3v) is 3.04. The summed E-state index contributed by atoms with van der Waals surface area (Å²) < 4.78 is 0. The Morgan fingerprint density at radius 3 is 2.48 bits per heavy atom. The van der Waals surface area contributed by atoms with E-state index in [9.17, 15) is 10.1 Å². The minimum atomic E-state index is -0.447. The van der Waals surface area contributed by atoms with Gasteiger partial charge in [-0.1, -0.05) is 12.1 Å². The topological polar surface area (TPSA) is 111 Å². The lowest BCUT2D eigenvalue weighted by Gasteiger charge is -1.99. The Kier molecular flexibility index (Phi) is 3.07. The smallest absolute Gasteiger partial charge is 0.269 e. The lowest BCUT2D eigenvalue weighted by atomic mass is 10.1. The molecule has 0 amide bonds. The minimum absolute atomic E-state index is 0.0295. The summed E-state index contributed by atoms with van der Waals surface area (Å²) in [6.07, 6.45) is 0. The summed E-state index contributed by atoms with van der Waals surface area (Å²) in [6.45, 7) is 0. The first kappa shape index (κ1) is 12.8. The van der Waals surface area contributed by atoms with Crippen molar-refractivity contribution in [1.82, 2.24) is 15.2 Å². The van der Waals surface area contributed by atoms with Crippen LogP contribution in [0.25, 0.3) is 22.8 Å². The Morgan fingerprint density at radius 1 is 1.10 bits per heavy atom.